The molecular formula is C25H32FN3O2. The van der Waals surface area contributed by atoms with Crippen LogP contribution in [0, 0.1) is 5.82 Å². The van der Waals surface area contributed by atoms with Gasteiger partial charge in [0.05, 0.1) is 19.7 Å². The molecule has 31 heavy (non-hydrogen) atoms. The molecule has 1 amide bonds. The SMILES string of the molecule is COc1ccc(F)cc1CN1CCN(CC(=O)N(C)[C@@H]2CCCc3ccccc32)CC1. The van der Waals surface area contributed by atoms with Crippen molar-refractivity contribution < 1.29 is 13.9 Å². The number of ether oxygens (including phenoxy) is 1. The first-order chi connectivity index (χ1) is 15.0. The summed E-state index contributed by atoms with van der Waals surface area (Å²) in [6, 6.07) is 13.3. The lowest BCUT2D eigenvalue weighted by Crippen LogP contribution is -2.49. The van der Waals surface area contributed by atoms with E-state index in [0.717, 1.165) is 51.0 Å². The molecule has 0 saturated carbocycles. The number of benzene rings is 2. The van der Waals surface area contributed by atoms with Crippen LogP contribution in [0.2, 0.25) is 0 Å². The smallest absolute Gasteiger partial charge is 0.237 e. The second-order valence-corrected chi connectivity index (χ2v) is 8.62. The van der Waals surface area contributed by atoms with E-state index < -0.39 is 0 Å². The standard InChI is InChI=1S/C25H32FN3O2/c1-27(23-9-5-7-19-6-3-4-8-22(19)23)25(30)18-29-14-12-28(13-15-29)17-20-16-21(26)10-11-24(20)31-2/h3-4,6,8,10-11,16,23H,5,7,9,12-15,17-18H2,1-2H3/t23-/m1/s1. The van der Waals surface area contributed by atoms with Gasteiger partial charge < -0.3 is 9.64 Å². The summed E-state index contributed by atoms with van der Waals surface area (Å²) < 4.78 is 19.0. The maximum absolute atomic E-state index is 13.6. The van der Waals surface area contributed by atoms with Crippen LogP contribution >= 0.6 is 0 Å². The zero-order valence-corrected chi connectivity index (χ0v) is 18.5. The molecule has 166 valence electrons. The molecular weight excluding hydrogens is 393 g/mol. The number of nitrogens with zero attached hydrogens (tertiary/aromatic N) is 3. The number of carbonyl (C=O) groups excluding carboxylic acids is 1. The number of hydrogen-bond donors (Lipinski definition) is 0. The largest absolute Gasteiger partial charge is 0.496 e. The Hall–Kier alpha value is -2.44. The van der Waals surface area contributed by atoms with Crippen molar-refractivity contribution in [3.05, 3.63) is 65.0 Å². The quantitative estimate of drug-likeness (QED) is 0.710. The van der Waals surface area contributed by atoms with Crippen molar-refractivity contribution in [1.82, 2.24) is 14.7 Å². The van der Waals surface area contributed by atoms with Crippen LogP contribution in [-0.2, 0) is 17.8 Å². The molecule has 0 N–H and O–H groups in total. The highest BCUT2D eigenvalue weighted by atomic mass is 19.1. The van der Waals surface area contributed by atoms with Crippen LogP contribution in [0.5, 0.6) is 5.75 Å². The summed E-state index contributed by atoms with van der Waals surface area (Å²) in [6.07, 6.45) is 3.26. The molecule has 0 radical (unpaired) electrons. The van der Waals surface area contributed by atoms with Gasteiger partial charge in [-0.05, 0) is 48.6 Å². The summed E-state index contributed by atoms with van der Waals surface area (Å²) in [6.45, 7) is 4.47. The molecule has 0 bridgehead atoms. The first-order valence-corrected chi connectivity index (χ1v) is 11.2. The van der Waals surface area contributed by atoms with E-state index in [9.17, 15) is 9.18 Å². The number of likely N-dealkylation sites (N-methyl/N-ethyl adjacent to an activating group) is 1. The summed E-state index contributed by atoms with van der Waals surface area (Å²) in [5.74, 6) is 0.655. The van der Waals surface area contributed by atoms with E-state index in [1.54, 1.807) is 19.2 Å². The van der Waals surface area contributed by atoms with Crippen molar-refractivity contribution >= 4 is 5.91 Å². The third kappa shape index (κ3) is 5.08. The molecule has 4 rings (SSSR count). The maximum Gasteiger partial charge on any atom is 0.237 e. The Bertz CT molecular complexity index is 911. The topological polar surface area (TPSA) is 36.0 Å². The van der Waals surface area contributed by atoms with Crippen LogP contribution in [-0.4, -0.2) is 67.5 Å². The number of fused-ring (bicyclic) bond motifs is 1. The van der Waals surface area contributed by atoms with Crippen molar-refractivity contribution in [3.8, 4) is 5.75 Å². The van der Waals surface area contributed by atoms with Gasteiger partial charge in [-0.3, -0.25) is 14.6 Å². The first kappa shape index (κ1) is 21.8. The van der Waals surface area contributed by atoms with Gasteiger partial charge in [0.15, 0.2) is 0 Å². The van der Waals surface area contributed by atoms with E-state index in [0.29, 0.717) is 18.8 Å². The Morgan fingerprint density at radius 1 is 1.13 bits per heavy atom. The van der Waals surface area contributed by atoms with Crippen molar-refractivity contribution in [1.29, 1.82) is 0 Å². The van der Waals surface area contributed by atoms with Crippen molar-refractivity contribution in [2.45, 2.75) is 31.8 Å². The number of aryl methyl sites for hydroxylation is 1. The monoisotopic (exact) mass is 425 g/mol. The average Bonchev–Trinajstić information content (AvgIpc) is 2.79. The Morgan fingerprint density at radius 2 is 1.87 bits per heavy atom. The molecule has 5 nitrogen and oxygen atoms in total. The molecule has 1 aliphatic heterocycles. The Labute approximate surface area is 184 Å². The Balaban J connectivity index is 1.30. The number of halogens is 1. The lowest BCUT2D eigenvalue weighted by Gasteiger charge is -2.37. The third-order valence-electron chi connectivity index (χ3n) is 6.66. The Kier molecular flexibility index (Phi) is 6.88. The van der Waals surface area contributed by atoms with Gasteiger partial charge in [-0.15, -0.1) is 0 Å². The van der Waals surface area contributed by atoms with E-state index in [1.165, 1.54) is 17.2 Å². The molecule has 2 aromatic rings. The highest BCUT2D eigenvalue weighted by molar-refractivity contribution is 5.78. The van der Waals surface area contributed by atoms with E-state index in [2.05, 4.69) is 34.1 Å². The zero-order valence-electron chi connectivity index (χ0n) is 18.5. The second-order valence-electron chi connectivity index (χ2n) is 8.62. The summed E-state index contributed by atoms with van der Waals surface area (Å²) in [4.78, 5) is 19.5. The van der Waals surface area contributed by atoms with Crippen molar-refractivity contribution in [2.75, 3.05) is 46.9 Å². The van der Waals surface area contributed by atoms with Crippen molar-refractivity contribution in [3.63, 3.8) is 0 Å². The predicted molar refractivity (Wildman–Crippen MR) is 120 cm³/mol. The number of rotatable bonds is 6. The number of piperazine rings is 1. The molecule has 1 saturated heterocycles. The van der Waals surface area contributed by atoms with E-state index >= 15 is 0 Å². The number of methoxy groups -OCH3 is 1. The highest BCUT2D eigenvalue weighted by Gasteiger charge is 2.28. The summed E-state index contributed by atoms with van der Waals surface area (Å²) in [5.41, 5.74) is 3.54. The average molecular weight is 426 g/mol. The van der Waals surface area contributed by atoms with Crippen molar-refractivity contribution in [2.24, 2.45) is 0 Å². The molecule has 2 aliphatic rings. The van der Waals surface area contributed by atoms with Crippen LogP contribution in [0.1, 0.15) is 35.6 Å². The molecule has 1 fully saturated rings. The summed E-state index contributed by atoms with van der Waals surface area (Å²) in [5, 5.41) is 0. The lowest BCUT2D eigenvalue weighted by atomic mass is 9.87. The first-order valence-electron chi connectivity index (χ1n) is 11.2. The van der Waals surface area contributed by atoms with E-state index in [4.69, 9.17) is 4.74 Å². The van der Waals surface area contributed by atoms with Gasteiger partial charge in [0.2, 0.25) is 5.91 Å². The zero-order chi connectivity index (χ0) is 21.8. The fourth-order valence-electron chi connectivity index (χ4n) is 4.82. The number of amides is 1. The Morgan fingerprint density at radius 3 is 2.65 bits per heavy atom. The minimum atomic E-state index is -0.243. The normalized spacial score (nSPS) is 19.6. The lowest BCUT2D eigenvalue weighted by molar-refractivity contribution is -0.134. The van der Waals surface area contributed by atoms with E-state index in [-0.39, 0.29) is 17.8 Å². The minimum absolute atomic E-state index is 0.180. The second kappa shape index (κ2) is 9.79. The van der Waals surface area contributed by atoms with E-state index in [1.807, 2.05) is 11.9 Å². The molecule has 0 spiro atoms. The van der Waals surface area contributed by atoms with Crippen LogP contribution < -0.4 is 4.74 Å². The third-order valence-corrected chi connectivity index (χ3v) is 6.66. The van der Waals surface area contributed by atoms with Gasteiger partial charge >= 0.3 is 0 Å². The molecule has 1 aliphatic carbocycles. The predicted octanol–water partition coefficient (Wildman–Crippen LogP) is 3.49. The molecule has 1 atom stereocenters. The van der Waals surface area contributed by atoms with Gasteiger partial charge in [-0.25, -0.2) is 4.39 Å². The minimum Gasteiger partial charge on any atom is -0.496 e. The number of hydrogen-bond acceptors (Lipinski definition) is 4. The van der Waals surface area contributed by atoms with Crippen LogP contribution in [0.3, 0.4) is 0 Å². The number of carbonyl (C=O) groups is 1. The van der Waals surface area contributed by atoms with Gasteiger partial charge in [0.1, 0.15) is 11.6 Å². The van der Waals surface area contributed by atoms with Crippen LogP contribution in [0.4, 0.5) is 4.39 Å². The molecule has 0 aromatic heterocycles. The molecule has 1 heterocycles. The molecule has 2 aromatic carbocycles. The van der Waals surface area contributed by atoms with Crippen LogP contribution in [0.25, 0.3) is 0 Å². The summed E-state index contributed by atoms with van der Waals surface area (Å²) in [7, 11) is 3.56. The van der Waals surface area contributed by atoms with Gasteiger partial charge in [0.25, 0.3) is 0 Å². The molecule has 6 heteroatoms. The fourth-order valence-corrected chi connectivity index (χ4v) is 4.82. The molecule has 0 unspecified atom stereocenters. The summed E-state index contributed by atoms with van der Waals surface area (Å²) >= 11 is 0. The maximum atomic E-state index is 13.6. The highest BCUT2D eigenvalue weighted by Crippen LogP contribution is 2.33. The van der Waals surface area contributed by atoms with Gasteiger partial charge in [-0.2, -0.15) is 0 Å². The van der Waals surface area contributed by atoms with Crippen LogP contribution in [0.15, 0.2) is 42.5 Å². The fraction of sp³-hybridized carbons (Fsp3) is 0.480. The van der Waals surface area contributed by atoms with Gasteiger partial charge in [0, 0.05) is 45.3 Å². The van der Waals surface area contributed by atoms with Gasteiger partial charge in [-0.1, -0.05) is 24.3 Å².